The summed E-state index contributed by atoms with van der Waals surface area (Å²) in [6.07, 6.45) is 0. The van der Waals surface area contributed by atoms with Gasteiger partial charge in [0.05, 0.1) is 0 Å². The van der Waals surface area contributed by atoms with E-state index in [1.54, 1.807) is 6.07 Å². The van der Waals surface area contributed by atoms with Crippen LogP contribution in [0.4, 0.5) is 4.39 Å². The predicted octanol–water partition coefficient (Wildman–Crippen LogP) is 3.69. The second-order valence-electron chi connectivity index (χ2n) is 5.38. The zero-order valence-corrected chi connectivity index (χ0v) is 13.0. The summed E-state index contributed by atoms with van der Waals surface area (Å²) < 4.78 is 13.2. The number of hydrogen-bond donors (Lipinski definition) is 1. The van der Waals surface area contributed by atoms with E-state index in [4.69, 9.17) is 11.6 Å². The van der Waals surface area contributed by atoms with Gasteiger partial charge in [-0.05, 0) is 51.5 Å². The van der Waals surface area contributed by atoms with Crippen LogP contribution >= 0.6 is 11.6 Å². The van der Waals surface area contributed by atoms with E-state index in [9.17, 15) is 4.39 Å². The van der Waals surface area contributed by atoms with E-state index in [2.05, 4.69) is 37.9 Å². The zero-order chi connectivity index (χ0) is 14.4. The standard InChI is InChI=1S/C15H24ClFN2/c1-11(2)19(12(3)4)6-5-18-10-13-7-14(16)9-15(17)8-13/h7-9,11-12,18H,5-6,10H2,1-4H3. The Kier molecular flexibility index (Phi) is 6.76. The Morgan fingerprint density at radius 1 is 1.16 bits per heavy atom. The summed E-state index contributed by atoms with van der Waals surface area (Å²) in [4.78, 5) is 2.42. The second-order valence-corrected chi connectivity index (χ2v) is 5.82. The minimum atomic E-state index is -0.282. The average Bonchev–Trinajstić information content (AvgIpc) is 2.26. The Labute approximate surface area is 120 Å². The summed E-state index contributed by atoms with van der Waals surface area (Å²) in [5, 5.41) is 3.78. The molecule has 0 radical (unpaired) electrons. The number of benzene rings is 1. The van der Waals surface area contributed by atoms with Crippen LogP contribution in [0, 0.1) is 5.82 Å². The van der Waals surface area contributed by atoms with E-state index < -0.39 is 0 Å². The lowest BCUT2D eigenvalue weighted by Crippen LogP contribution is -2.41. The smallest absolute Gasteiger partial charge is 0.125 e. The summed E-state index contributed by atoms with van der Waals surface area (Å²) in [5.74, 6) is -0.282. The Balaban J connectivity index is 2.38. The first-order valence-corrected chi connectivity index (χ1v) is 7.19. The van der Waals surface area contributed by atoms with Crippen molar-refractivity contribution >= 4 is 11.6 Å². The van der Waals surface area contributed by atoms with Crippen LogP contribution in [0.2, 0.25) is 5.02 Å². The molecule has 0 saturated carbocycles. The van der Waals surface area contributed by atoms with Gasteiger partial charge < -0.3 is 5.32 Å². The van der Waals surface area contributed by atoms with E-state index >= 15 is 0 Å². The lowest BCUT2D eigenvalue weighted by Gasteiger charge is -2.30. The molecule has 1 aromatic carbocycles. The molecule has 0 bridgehead atoms. The quantitative estimate of drug-likeness (QED) is 0.769. The van der Waals surface area contributed by atoms with Crippen LogP contribution in [-0.4, -0.2) is 30.1 Å². The van der Waals surface area contributed by atoms with Crippen molar-refractivity contribution in [3.05, 3.63) is 34.6 Å². The minimum Gasteiger partial charge on any atom is -0.311 e. The molecule has 0 saturated heterocycles. The third kappa shape index (κ3) is 5.89. The van der Waals surface area contributed by atoms with Crippen LogP contribution in [0.1, 0.15) is 33.3 Å². The molecule has 1 aromatic rings. The Morgan fingerprint density at radius 3 is 2.32 bits per heavy atom. The van der Waals surface area contributed by atoms with Gasteiger partial charge in [-0.1, -0.05) is 11.6 Å². The molecular weight excluding hydrogens is 263 g/mol. The van der Waals surface area contributed by atoms with Crippen molar-refractivity contribution in [2.75, 3.05) is 13.1 Å². The number of hydrogen-bond acceptors (Lipinski definition) is 2. The van der Waals surface area contributed by atoms with Gasteiger partial charge in [0.15, 0.2) is 0 Å². The third-order valence-electron chi connectivity index (χ3n) is 3.12. The summed E-state index contributed by atoms with van der Waals surface area (Å²) in [6, 6.07) is 5.70. The molecule has 0 unspecified atom stereocenters. The van der Waals surface area contributed by atoms with Crippen LogP contribution in [0.3, 0.4) is 0 Å². The molecule has 0 heterocycles. The maximum absolute atomic E-state index is 13.2. The molecule has 4 heteroatoms. The van der Waals surface area contributed by atoms with Crippen LogP contribution in [0.15, 0.2) is 18.2 Å². The molecule has 0 atom stereocenters. The Hall–Kier alpha value is -0.640. The summed E-state index contributed by atoms with van der Waals surface area (Å²) in [5.41, 5.74) is 0.880. The van der Waals surface area contributed by atoms with Gasteiger partial charge in [-0.15, -0.1) is 0 Å². The fraction of sp³-hybridized carbons (Fsp3) is 0.600. The summed E-state index contributed by atoms with van der Waals surface area (Å²) in [6.45, 7) is 11.3. The molecule has 2 nitrogen and oxygen atoms in total. The number of halogens is 2. The Morgan fingerprint density at radius 2 is 1.79 bits per heavy atom. The molecule has 0 aliphatic rings. The SMILES string of the molecule is CC(C)N(CCNCc1cc(F)cc(Cl)c1)C(C)C. The Bertz CT molecular complexity index is 365. The van der Waals surface area contributed by atoms with Gasteiger partial charge in [0.2, 0.25) is 0 Å². The molecule has 0 aliphatic carbocycles. The first-order chi connectivity index (χ1) is 8.90. The lowest BCUT2D eigenvalue weighted by molar-refractivity contribution is 0.176. The summed E-state index contributed by atoms with van der Waals surface area (Å²) >= 11 is 5.82. The van der Waals surface area contributed by atoms with Crippen LogP contribution in [0.25, 0.3) is 0 Å². The van der Waals surface area contributed by atoms with E-state index in [0.717, 1.165) is 18.7 Å². The molecule has 0 spiro atoms. The van der Waals surface area contributed by atoms with Crippen molar-refractivity contribution in [3.63, 3.8) is 0 Å². The minimum absolute atomic E-state index is 0.282. The molecule has 0 aromatic heterocycles. The van der Waals surface area contributed by atoms with Crippen LogP contribution in [0.5, 0.6) is 0 Å². The molecule has 0 fully saturated rings. The van der Waals surface area contributed by atoms with Gasteiger partial charge in [0, 0.05) is 36.7 Å². The number of rotatable bonds is 7. The van der Waals surface area contributed by atoms with Gasteiger partial charge in [-0.3, -0.25) is 4.90 Å². The monoisotopic (exact) mass is 286 g/mol. The highest BCUT2D eigenvalue weighted by Crippen LogP contribution is 2.13. The van der Waals surface area contributed by atoms with Crippen LogP contribution < -0.4 is 5.32 Å². The van der Waals surface area contributed by atoms with Crippen molar-refractivity contribution in [1.82, 2.24) is 10.2 Å². The topological polar surface area (TPSA) is 15.3 Å². The molecule has 1 N–H and O–H groups in total. The molecule has 108 valence electrons. The fourth-order valence-corrected chi connectivity index (χ4v) is 2.51. The largest absolute Gasteiger partial charge is 0.311 e. The predicted molar refractivity (Wildman–Crippen MR) is 80.1 cm³/mol. The van der Waals surface area contributed by atoms with Crippen molar-refractivity contribution in [1.29, 1.82) is 0 Å². The van der Waals surface area contributed by atoms with Gasteiger partial charge in [0.25, 0.3) is 0 Å². The first kappa shape index (κ1) is 16.4. The highest BCUT2D eigenvalue weighted by molar-refractivity contribution is 6.30. The average molecular weight is 287 g/mol. The number of nitrogens with zero attached hydrogens (tertiary/aromatic N) is 1. The van der Waals surface area contributed by atoms with E-state index in [0.29, 0.717) is 23.7 Å². The molecule has 1 rings (SSSR count). The van der Waals surface area contributed by atoms with Gasteiger partial charge >= 0.3 is 0 Å². The summed E-state index contributed by atoms with van der Waals surface area (Å²) in [7, 11) is 0. The first-order valence-electron chi connectivity index (χ1n) is 6.81. The van der Waals surface area contributed by atoms with E-state index in [1.165, 1.54) is 12.1 Å². The van der Waals surface area contributed by atoms with Gasteiger partial charge in [0.1, 0.15) is 5.82 Å². The molecule has 19 heavy (non-hydrogen) atoms. The van der Waals surface area contributed by atoms with Crippen LogP contribution in [-0.2, 0) is 6.54 Å². The molecule has 0 aliphatic heterocycles. The number of nitrogens with one attached hydrogen (secondary N) is 1. The van der Waals surface area contributed by atoms with Gasteiger partial charge in [-0.2, -0.15) is 0 Å². The van der Waals surface area contributed by atoms with Crippen molar-refractivity contribution < 1.29 is 4.39 Å². The van der Waals surface area contributed by atoms with E-state index in [-0.39, 0.29) is 5.82 Å². The highest BCUT2D eigenvalue weighted by atomic mass is 35.5. The van der Waals surface area contributed by atoms with Crippen molar-refractivity contribution in [2.24, 2.45) is 0 Å². The van der Waals surface area contributed by atoms with E-state index in [1.807, 2.05) is 0 Å². The zero-order valence-electron chi connectivity index (χ0n) is 12.2. The maximum atomic E-state index is 13.2. The fourth-order valence-electron chi connectivity index (χ4n) is 2.27. The highest BCUT2D eigenvalue weighted by Gasteiger charge is 2.12. The normalized spacial score (nSPS) is 11.8. The lowest BCUT2D eigenvalue weighted by atomic mass is 10.2. The molecule has 0 amide bonds. The molecular formula is C15H24ClFN2. The third-order valence-corrected chi connectivity index (χ3v) is 3.34. The maximum Gasteiger partial charge on any atom is 0.125 e. The van der Waals surface area contributed by atoms with Gasteiger partial charge in [-0.25, -0.2) is 4.39 Å². The van der Waals surface area contributed by atoms with Crippen molar-refractivity contribution in [2.45, 2.75) is 46.3 Å². The van der Waals surface area contributed by atoms with Crippen molar-refractivity contribution in [3.8, 4) is 0 Å². The second kappa shape index (κ2) is 7.83.